The second-order valence-corrected chi connectivity index (χ2v) is 8.32. The normalized spacial score (nSPS) is 11.3. The van der Waals surface area contributed by atoms with Crippen LogP contribution in [-0.2, 0) is 21.2 Å². The Bertz CT molecular complexity index is 1010. The van der Waals surface area contributed by atoms with E-state index in [9.17, 15) is 13.2 Å². The van der Waals surface area contributed by atoms with Crippen molar-refractivity contribution in [2.24, 2.45) is 0 Å². The van der Waals surface area contributed by atoms with Crippen LogP contribution in [0.5, 0.6) is 0 Å². The molecule has 0 saturated heterocycles. The summed E-state index contributed by atoms with van der Waals surface area (Å²) in [5.74, 6) is 0.0244. The van der Waals surface area contributed by atoms with Gasteiger partial charge in [0.25, 0.3) is 0 Å². The molecule has 3 aromatic rings. The van der Waals surface area contributed by atoms with Crippen LogP contribution in [0.3, 0.4) is 0 Å². The minimum absolute atomic E-state index is 0.111. The van der Waals surface area contributed by atoms with E-state index in [1.54, 1.807) is 24.3 Å². The summed E-state index contributed by atoms with van der Waals surface area (Å²) in [5, 5.41) is 6.61. The topological polar surface area (TPSA) is 89.3 Å². The van der Waals surface area contributed by atoms with Gasteiger partial charge in [0, 0.05) is 18.1 Å². The lowest BCUT2D eigenvalue weighted by molar-refractivity contribution is -0.120. The quantitative estimate of drug-likeness (QED) is 0.676. The average Bonchev–Trinajstić information content (AvgIpc) is 3.15. The van der Waals surface area contributed by atoms with Gasteiger partial charge in [-0.1, -0.05) is 53.2 Å². The van der Waals surface area contributed by atoms with Crippen molar-refractivity contribution in [3.8, 4) is 11.3 Å². The molecule has 7 heteroatoms. The summed E-state index contributed by atoms with van der Waals surface area (Å²) in [6.45, 7) is 2.18. The third-order valence-electron chi connectivity index (χ3n) is 4.06. The first-order chi connectivity index (χ1) is 12.9. The monoisotopic (exact) mass is 384 g/mol. The summed E-state index contributed by atoms with van der Waals surface area (Å²) in [7, 11) is -3.47. The van der Waals surface area contributed by atoms with Crippen LogP contribution in [0.1, 0.15) is 17.7 Å². The number of aryl methyl sites for hydroxylation is 1. The predicted octanol–water partition coefficient (Wildman–Crippen LogP) is 3.13. The Hall–Kier alpha value is -2.93. The van der Waals surface area contributed by atoms with Crippen molar-refractivity contribution in [2.75, 3.05) is 5.75 Å². The van der Waals surface area contributed by atoms with Gasteiger partial charge in [-0.3, -0.25) is 4.79 Å². The molecule has 0 saturated carbocycles. The fourth-order valence-corrected chi connectivity index (χ4v) is 3.76. The second-order valence-electron chi connectivity index (χ2n) is 6.21. The van der Waals surface area contributed by atoms with E-state index in [1.807, 2.05) is 31.2 Å². The van der Waals surface area contributed by atoms with Crippen molar-refractivity contribution < 1.29 is 17.7 Å². The van der Waals surface area contributed by atoms with Gasteiger partial charge in [0.05, 0.1) is 17.2 Å². The smallest absolute Gasteiger partial charge is 0.221 e. The minimum Gasteiger partial charge on any atom is -0.356 e. The van der Waals surface area contributed by atoms with Crippen LogP contribution in [0, 0.1) is 6.92 Å². The molecule has 0 atom stereocenters. The van der Waals surface area contributed by atoms with Crippen LogP contribution in [0.4, 0.5) is 0 Å². The molecule has 3 rings (SSSR count). The number of amides is 1. The van der Waals surface area contributed by atoms with Crippen molar-refractivity contribution in [1.82, 2.24) is 10.5 Å². The van der Waals surface area contributed by atoms with Gasteiger partial charge in [-0.2, -0.15) is 0 Å². The number of rotatable bonds is 7. The minimum atomic E-state index is -3.47. The van der Waals surface area contributed by atoms with Gasteiger partial charge < -0.3 is 9.84 Å². The summed E-state index contributed by atoms with van der Waals surface area (Å²) in [4.78, 5) is 12.2. The van der Waals surface area contributed by atoms with Gasteiger partial charge in [-0.25, -0.2) is 8.42 Å². The lowest BCUT2D eigenvalue weighted by Crippen LogP contribution is -2.25. The third kappa shape index (κ3) is 5.04. The van der Waals surface area contributed by atoms with E-state index in [4.69, 9.17) is 4.52 Å². The van der Waals surface area contributed by atoms with E-state index in [0.29, 0.717) is 11.5 Å². The van der Waals surface area contributed by atoms with Crippen LogP contribution in [0.2, 0.25) is 0 Å². The number of aromatic nitrogens is 1. The van der Waals surface area contributed by atoms with Crippen LogP contribution >= 0.6 is 0 Å². The van der Waals surface area contributed by atoms with E-state index >= 15 is 0 Å². The zero-order valence-corrected chi connectivity index (χ0v) is 15.7. The SMILES string of the molecule is Cc1ccc(-c2cc(CNC(=O)CCS(=O)(=O)c3ccccc3)no2)cc1. The van der Waals surface area contributed by atoms with Crippen LogP contribution in [0.15, 0.2) is 70.1 Å². The van der Waals surface area contributed by atoms with Gasteiger partial charge in [0.2, 0.25) is 5.91 Å². The molecule has 0 radical (unpaired) electrons. The number of benzene rings is 2. The van der Waals surface area contributed by atoms with Gasteiger partial charge >= 0.3 is 0 Å². The molecule has 0 aliphatic carbocycles. The van der Waals surface area contributed by atoms with E-state index in [0.717, 1.165) is 11.1 Å². The summed E-state index contributed by atoms with van der Waals surface area (Å²) in [6, 6.07) is 17.7. The molecule has 1 heterocycles. The highest BCUT2D eigenvalue weighted by Gasteiger charge is 2.16. The Labute approximate surface area is 158 Å². The molecule has 2 aromatic carbocycles. The molecule has 0 fully saturated rings. The Morgan fingerprint density at radius 2 is 1.78 bits per heavy atom. The first kappa shape index (κ1) is 18.8. The Kier molecular flexibility index (Phi) is 5.71. The summed E-state index contributed by atoms with van der Waals surface area (Å²) >= 11 is 0. The summed E-state index contributed by atoms with van der Waals surface area (Å²) in [5.41, 5.74) is 2.63. The van der Waals surface area contributed by atoms with Gasteiger partial charge in [0.15, 0.2) is 15.6 Å². The lowest BCUT2D eigenvalue weighted by atomic mass is 10.1. The van der Waals surface area contributed by atoms with Crippen LogP contribution < -0.4 is 5.32 Å². The highest BCUT2D eigenvalue weighted by atomic mass is 32.2. The van der Waals surface area contributed by atoms with E-state index in [2.05, 4.69) is 10.5 Å². The van der Waals surface area contributed by atoms with E-state index in [-0.39, 0.29) is 29.5 Å². The molecule has 0 bridgehead atoms. The number of hydrogen-bond donors (Lipinski definition) is 1. The van der Waals surface area contributed by atoms with Gasteiger partial charge in [-0.05, 0) is 19.1 Å². The number of nitrogens with zero attached hydrogens (tertiary/aromatic N) is 1. The zero-order chi connectivity index (χ0) is 19.3. The fourth-order valence-electron chi connectivity index (χ4n) is 2.50. The molecule has 140 valence electrons. The molecular weight excluding hydrogens is 364 g/mol. The van der Waals surface area contributed by atoms with E-state index in [1.165, 1.54) is 12.1 Å². The summed E-state index contributed by atoms with van der Waals surface area (Å²) in [6.07, 6.45) is -0.111. The number of carbonyl (C=O) groups is 1. The maximum atomic E-state index is 12.2. The standard InChI is InChI=1S/C20H20N2O4S/c1-15-7-9-16(10-8-15)19-13-17(22-26-19)14-21-20(23)11-12-27(24,25)18-5-3-2-4-6-18/h2-10,13H,11-12,14H2,1H3,(H,21,23). The highest BCUT2D eigenvalue weighted by molar-refractivity contribution is 7.91. The average molecular weight is 384 g/mol. The highest BCUT2D eigenvalue weighted by Crippen LogP contribution is 2.20. The molecule has 1 N–H and O–H groups in total. The van der Waals surface area contributed by atoms with Crippen molar-refractivity contribution in [3.63, 3.8) is 0 Å². The molecule has 6 nitrogen and oxygen atoms in total. The lowest BCUT2D eigenvalue weighted by Gasteiger charge is -2.05. The fraction of sp³-hybridized carbons (Fsp3) is 0.200. The number of carbonyl (C=O) groups excluding carboxylic acids is 1. The Balaban J connectivity index is 1.52. The summed E-state index contributed by atoms with van der Waals surface area (Å²) < 4.78 is 29.7. The molecule has 0 unspecified atom stereocenters. The molecule has 0 spiro atoms. The molecule has 1 aromatic heterocycles. The van der Waals surface area contributed by atoms with Crippen LogP contribution in [-0.4, -0.2) is 25.2 Å². The Morgan fingerprint density at radius 1 is 1.07 bits per heavy atom. The van der Waals surface area contributed by atoms with E-state index < -0.39 is 9.84 Å². The maximum Gasteiger partial charge on any atom is 0.221 e. The third-order valence-corrected chi connectivity index (χ3v) is 5.79. The molecule has 1 amide bonds. The zero-order valence-electron chi connectivity index (χ0n) is 14.9. The largest absolute Gasteiger partial charge is 0.356 e. The molecule has 0 aliphatic rings. The first-order valence-electron chi connectivity index (χ1n) is 8.51. The van der Waals surface area contributed by atoms with Gasteiger partial charge in [-0.15, -0.1) is 0 Å². The predicted molar refractivity (Wildman–Crippen MR) is 102 cm³/mol. The molecule has 0 aliphatic heterocycles. The van der Waals surface area contributed by atoms with Crippen molar-refractivity contribution in [3.05, 3.63) is 71.9 Å². The maximum absolute atomic E-state index is 12.2. The number of hydrogen-bond acceptors (Lipinski definition) is 5. The first-order valence-corrected chi connectivity index (χ1v) is 10.2. The van der Waals surface area contributed by atoms with Crippen molar-refractivity contribution >= 4 is 15.7 Å². The number of nitrogens with one attached hydrogen (secondary N) is 1. The van der Waals surface area contributed by atoms with Crippen LogP contribution in [0.25, 0.3) is 11.3 Å². The number of sulfone groups is 1. The molecular formula is C20H20N2O4S. The Morgan fingerprint density at radius 3 is 2.48 bits per heavy atom. The van der Waals surface area contributed by atoms with Crippen molar-refractivity contribution in [1.29, 1.82) is 0 Å². The van der Waals surface area contributed by atoms with Gasteiger partial charge in [0.1, 0.15) is 5.69 Å². The second kappa shape index (κ2) is 8.18. The molecule has 27 heavy (non-hydrogen) atoms. The van der Waals surface area contributed by atoms with Crippen molar-refractivity contribution in [2.45, 2.75) is 24.8 Å².